The highest BCUT2D eigenvalue weighted by atomic mass is 16.6. The lowest BCUT2D eigenvalue weighted by Crippen LogP contribution is -2.42. The van der Waals surface area contributed by atoms with Gasteiger partial charge in [0.15, 0.2) is 6.10 Å². The summed E-state index contributed by atoms with van der Waals surface area (Å²) in [5.41, 5.74) is 0.508. The van der Waals surface area contributed by atoms with E-state index in [4.69, 9.17) is 18.9 Å². The predicted molar refractivity (Wildman–Crippen MR) is 141 cm³/mol. The molecule has 0 bridgehead atoms. The summed E-state index contributed by atoms with van der Waals surface area (Å²) in [5, 5.41) is 10.7. The van der Waals surface area contributed by atoms with Gasteiger partial charge in [0.05, 0.1) is 42.9 Å². The molecule has 7 nitrogen and oxygen atoms in total. The van der Waals surface area contributed by atoms with Crippen molar-refractivity contribution in [2.75, 3.05) is 13.2 Å². The van der Waals surface area contributed by atoms with Gasteiger partial charge in [-0.3, -0.25) is 9.59 Å². The van der Waals surface area contributed by atoms with E-state index in [1.807, 2.05) is 60.7 Å². The van der Waals surface area contributed by atoms with Crippen LogP contribution in [0.15, 0.2) is 60.7 Å². The third-order valence-electron chi connectivity index (χ3n) is 5.51. The quantitative estimate of drug-likeness (QED) is 0.373. The molecule has 7 heteroatoms. The van der Waals surface area contributed by atoms with Gasteiger partial charge in [0.2, 0.25) is 0 Å². The zero-order chi connectivity index (χ0) is 27.5. The number of hydrogen-bond acceptors (Lipinski definition) is 7. The average molecular weight is 515 g/mol. The van der Waals surface area contributed by atoms with Crippen molar-refractivity contribution in [1.29, 1.82) is 0 Å². The second-order valence-electron chi connectivity index (χ2n) is 11.3. The Morgan fingerprint density at radius 2 is 1.24 bits per heavy atom. The number of rotatable bonds is 13. The van der Waals surface area contributed by atoms with Gasteiger partial charge in [-0.15, -0.1) is 0 Å². The van der Waals surface area contributed by atoms with Gasteiger partial charge >= 0.3 is 11.9 Å². The largest absolute Gasteiger partial charge is 0.463 e. The normalized spacial score (nSPS) is 14.5. The number of aliphatic hydroxyl groups excluding tert-OH is 1. The topological polar surface area (TPSA) is 91.3 Å². The third-order valence-corrected chi connectivity index (χ3v) is 5.51. The molecule has 37 heavy (non-hydrogen) atoms. The fraction of sp³-hybridized carbons (Fsp3) is 0.533. The van der Waals surface area contributed by atoms with Gasteiger partial charge in [0.1, 0.15) is 6.61 Å². The summed E-state index contributed by atoms with van der Waals surface area (Å²) in [6, 6.07) is 19.3. The summed E-state index contributed by atoms with van der Waals surface area (Å²) in [4.78, 5) is 25.0. The van der Waals surface area contributed by atoms with Crippen molar-refractivity contribution >= 4 is 11.9 Å². The van der Waals surface area contributed by atoms with E-state index in [1.165, 1.54) is 0 Å². The Kier molecular flexibility index (Phi) is 11.8. The van der Waals surface area contributed by atoms with E-state index in [1.54, 1.807) is 41.5 Å². The fourth-order valence-electron chi connectivity index (χ4n) is 3.23. The molecule has 0 saturated carbocycles. The number of ether oxygens (including phenoxy) is 4. The van der Waals surface area contributed by atoms with Gasteiger partial charge in [-0.1, -0.05) is 60.7 Å². The Labute approximate surface area is 221 Å². The minimum atomic E-state index is -1.02. The molecule has 0 amide bonds. The molecule has 0 fully saturated rings. The van der Waals surface area contributed by atoms with E-state index in [0.29, 0.717) is 6.61 Å². The van der Waals surface area contributed by atoms with Crippen molar-refractivity contribution in [1.82, 2.24) is 0 Å². The van der Waals surface area contributed by atoms with Gasteiger partial charge in [-0.25, -0.2) is 0 Å². The van der Waals surface area contributed by atoms with E-state index < -0.39 is 41.1 Å². The van der Waals surface area contributed by atoms with E-state index in [-0.39, 0.29) is 26.2 Å². The van der Waals surface area contributed by atoms with Crippen LogP contribution in [0.4, 0.5) is 0 Å². The molecule has 0 radical (unpaired) electrons. The van der Waals surface area contributed by atoms with Gasteiger partial charge in [0, 0.05) is 6.42 Å². The van der Waals surface area contributed by atoms with Crippen molar-refractivity contribution in [3.05, 3.63) is 71.8 Å². The molecule has 1 N–H and O–H groups in total. The minimum Gasteiger partial charge on any atom is -0.463 e. The Hall–Kier alpha value is -2.74. The molecule has 0 aliphatic heterocycles. The lowest BCUT2D eigenvalue weighted by Gasteiger charge is -2.31. The van der Waals surface area contributed by atoms with Crippen LogP contribution in [-0.2, 0) is 41.8 Å². The van der Waals surface area contributed by atoms with Crippen LogP contribution in [-0.4, -0.2) is 48.6 Å². The zero-order valence-electron chi connectivity index (χ0n) is 22.9. The molecule has 2 rings (SSSR count). The average Bonchev–Trinajstić information content (AvgIpc) is 2.84. The summed E-state index contributed by atoms with van der Waals surface area (Å²) in [6.45, 7) is 11.0. The lowest BCUT2D eigenvalue weighted by atomic mass is 9.97. The molecule has 204 valence electrons. The van der Waals surface area contributed by atoms with Gasteiger partial charge < -0.3 is 24.1 Å². The summed E-state index contributed by atoms with van der Waals surface area (Å²) in [6.07, 6.45) is -2.42. The Morgan fingerprint density at radius 3 is 1.76 bits per heavy atom. The van der Waals surface area contributed by atoms with Gasteiger partial charge in [-0.05, 0) is 52.7 Å². The van der Waals surface area contributed by atoms with E-state index in [0.717, 1.165) is 11.1 Å². The highest BCUT2D eigenvalue weighted by Crippen LogP contribution is 2.22. The molecule has 0 saturated heterocycles. The maximum atomic E-state index is 12.8. The number of aliphatic hydroxyl groups is 1. The first-order valence-electron chi connectivity index (χ1n) is 12.7. The maximum Gasteiger partial charge on any atom is 0.311 e. The summed E-state index contributed by atoms with van der Waals surface area (Å²) < 4.78 is 23.3. The first-order chi connectivity index (χ1) is 17.4. The van der Waals surface area contributed by atoms with E-state index in [9.17, 15) is 14.7 Å². The standard InChI is InChI=1S/C30H42O7/c1-29(2,3)27(32)36-20-24(31)17-25(35-19-23-15-11-8-12-16-23)26(37-28(33)30(4,5)6)21-34-18-22-13-9-7-10-14-22/h7-16,24-26,31H,17-21H2,1-6H3/t24-,25+,26-/m1/s1. The van der Waals surface area contributed by atoms with E-state index >= 15 is 0 Å². The molecule has 0 heterocycles. The SMILES string of the molecule is CC(C)(C)C(=O)OC[C@H](O)C[C@H](OCc1ccccc1)[C@@H](COCc1ccccc1)OC(=O)C(C)(C)C. The van der Waals surface area contributed by atoms with Crippen LogP contribution in [0.3, 0.4) is 0 Å². The molecular formula is C30H42O7. The zero-order valence-corrected chi connectivity index (χ0v) is 22.9. The van der Waals surface area contributed by atoms with Gasteiger partial charge in [0.25, 0.3) is 0 Å². The molecule has 0 aliphatic carbocycles. The predicted octanol–water partition coefficient (Wildman–Crippen LogP) is 5.09. The monoisotopic (exact) mass is 514 g/mol. The minimum absolute atomic E-state index is 0.0741. The molecule has 0 aromatic heterocycles. The summed E-state index contributed by atoms with van der Waals surface area (Å²) in [7, 11) is 0. The van der Waals surface area contributed by atoms with Crippen LogP contribution in [0.1, 0.15) is 59.1 Å². The molecular weight excluding hydrogens is 472 g/mol. The molecule has 2 aromatic rings. The van der Waals surface area contributed by atoms with E-state index in [2.05, 4.69) is 0 Å². The molecule has 3 atom stereocenters. The lowest BCUT2D eigenvalue weighted by molar-refractivity contribution is -0.177. The van der Waals surface area contributed by atoms with Crippen molar-refractivity contribution in [2.45, 2.75) is 79.5 Å². The molecule has 0 spiro atoms. The highest BCUT2D eigenvalue weighted by molar-refractivity contribution is 5.75. The smallest absolute Gasteiger partial charge is 0.311 e. The van der Waals surface area contributed by atoms with Crippen LogP contribution < -0.4 is 0 Å². The number of carbonyl (C=O) groups excluding carboxylic acids is 2. The Bertz CT molecular complexity index is 945. The van der Waals surface area contributed by atoms with Crippen molar-refractivity contribution in [3.8, 4) is 0 Å². The fourth-order valence-corrected chi connectivity index (χ4v) is 3.23. The van der Waals surface area contributed by atoms with Gasteiger partial charge in [-0.2, -0.15) is 0 Å². The number of hydrogen-bond donors (Lipinski definition) is 1. The second kappa shape index (κ2) is 14.3. The number of esters is 2. The second-order valence-corrected chi connectivity index (χ2v) is 11.3. The van der Waals surface area contributed by atoms with Crippen LogP contribution in [0, 0.1) is 10.8 Å². The first kappa shape index (κ1) is 30.5. The summed E-state index contributed by atoms with van der Waals surface area (Å²) >= 11 is 0. The highest BCUT2D eigenvalue weighted by Gasteiger charge is 2.33. The van der Waals surface area contributed by atoms with Crippen molar-refractivity contribution < 1.29 is 33.6 Å². The maximum absolute atomic E-state index is 12.8. The third kappa shape index (κ3) is 11.5. The molecule has 0 unspecified atom stereocenters. The molecule has 2 aromatic carbocycles. The summed E-state index contributed by atoms with van der Waals surface area (Å²) in [5.74, 6) is -0.807. The Morgan fingerprint density at radius 1 is 0.730 bits per heavy atom. The van der Waals surface area contributed by atoms with Crippen LogP contribution in [0.5, 0.6) is 0 Å². The molecule has 0 aliphatic rings. The van der Waals surface area contributed by atoms with Crippen LogP contribution in [0.2, 0.25) is 0 Å². The Balaban J connectivity index is 2.17. The van der Waals surface area contributed by atoms with Crippen molar-refractivity contribution in [2.24, 2.45) is 10.8 Å². The number of carbonyl (C=O) groups is 2. The first-order valence-corrected chi connectivity index (χ1v) is 12.7. The van der Waals surface area contributed by atoms with Crippen LogP contribution in [0.25, 0.3) is 0 Å². The number of benzene rings is 2. The van der Waals surface area contributed by atoms with Crippen LogP contribution >= 0.6 is 0 Å². The van der Waals surface area contributed by atoms with Crippen molar-refractivity contribution in [3.63, 3.8) is 0 Å².